The molecule has 1 aromatic rings. The predicted octanol–water partition coefficient (Wildman–Crippen LogP) is 1.75. The van der Waals surface area contributed by atoms with Gasteiger partial charge in [-0.2, -0.15) is 0 Å². The SMILES string of the molecule is C=CCOc1ccccc1CN1CCN(C)[C@@H](CCO)C1. The highest BCUT2D eigenvalue weighted by atomic mass is 16.5. The van der Waals surface area contributed by atoms with Gasteiger partial charge < -0.3 is 14.7 Å². The molecule has 1 aliphatic heterocycles. The number of rotatable bonds is 7. The van der Waals surface area contributed by atoms with Crippen LogP contribution < -0.4 is 4.74 Å². The molecule has 4 nitrogen and oxygen atoms in total. The largest absolute Gasteiger partial charge is 0.489 e. The number of aliphatic hydroxyl groups is 1. The lowest BCUT2D eigenvalue weighted by Gasteiger charge is -2.39. The molecule has 4 heteroatoms. The summed E-state index contributed by atoms with van der Waals surface area (Å²) in [4.78, 5) is 4.78. The van der Waals surface area contributed by atoms with Gasteiger partial charge in [-0.1, -0.05) is 30.9 Å². The van der Waals surface area contributed by atoms with E-state index in [0.29, 0.717) is 12.6 Å². The van der Waals surface area contributed by atoms with Crippen LogP contribution in [0.5, 0.6) is 5.75 Å². The first-order chi connectivity index (χ1) is 10.2. The molecule has 0 bridgehead atoms. The molecule has 1 aliphatic rings. The highest BCUT2D eigenvalue weighted by molar-refractivity contribution is 5.33. The van der Waals surface area contributed by atoms with Gasteiger partial charge in [0.15, 0.2) is 0 Å². The van der Waals surface area contributed by atoms with Gasteiger partial charge in [0.2, 0.25) is 0 Å². The summed E-state index contributed by atoms with van der Waals surface area (Å²) < 4.78 is 5.73. The second-order valence-corrected chi connectivity index (χ2v) is 5.59. The Labute approximate surface area is 127 Å². The molecule has 1 atom stereocenters. The van der Waals surface area contributed by atoms with Crippen LogP contribution in [0, 0.1) is 0 Å². The first-order valence-corrected chi connectivity index (χ1v) is 7.59. The highest BCUT2D eigenvalue weighted by Gasteiger charge is 2.24. The Morgan fingerprint density at radius 3 is 2.95 bits per heavy atom. The Balaban J connectivity index is 1.99. The van der Waals surface area contributed by atoms with Crippen LogP contribution in [0.15, 0.2) is 36.9 Å². The van der Waals surface area contributed by atoms with Gasteiger partial charge >= 0.3 is 0 Å². The first kappa shape index (κ1) is 16.0. The van der Waals surface area contributed by atoms with E-state index in [2.05, 4.69) is 35.6 Å². The van der Waals surface area contributed by atoms with Crippen molar-refractivity contribution in [2.24, 2.45) is 0 Å². The van der Waals surface area contributed by atoms with Crippen LogP contribution in [0.2, 0.25) is 0 Å². The summed E-state index contributed by atoms with van der Waals surface area (Å²) in [5.74, 6) is 0.940. The number of hydrogen-bond donors (Lipinski definition) is 1. The number of hydrogen-bond acceptors (Lipinski definition) is 4. The molecule has 0 amide bonds. The Hall–Kier alpha value is -1.36. The van der Waals surface area contributed by atoms with Gasteiger partial charge in [0.1, 0.15) is 12.4 Å². The van der Waals surface area contributed by atoms with Gasteiger partial charge in [-0.05, 0) is 19.5 Å². The fourth-order valence-electron chi connectivity index (χ4n) is 2.78. The van der Waals surface area contributed by atoms with Crippen molar-refractivity contribution in [3.8, 4) is 5.75 Å². The number of nitrogens with zero attached hydrogens (tertiary/aromatic N) is 2. The van der Waals surface area contributed by atoms with Crippen molar-refractivity contribution in [1.82, 2.24) is 9.80 Å². The van der Waals surface area contributed by atoms with Crippen molar-refractivity contribution in [2.45, 2.75) is 19.0 Å². The summed E-state index contributed by atoms with van der Waals surface area (Å²) in [6, 6.07) is 8.63. The summed E-state index contributed by atoms with van der Waals surface area (Å²) >= 11 is 0. The molecule has 0 aromatic heterocycles. The lowest BCUT2D eigenvalue weighted by atomic mass is 10.1. The minimum Gasteiger partial charge on any atom is -0.489 e. The van der Waals surface area contributed by atoms with Crippen molar-refractivity contribution >= 4 is 0 Å². The van der Waals surface area contributed by atoms with Crippen LogP contribution in [0.1, 0.15) is 12.0 Å². The zero-order valence-electron chi connectivity index (χ0n) is 12.9. The maximum atomic E-state index is 9.18. The number of benzene rings is 1. The molecule has 0 radical (unpaired) electrons. The van der Waals surface area contributed by atoms with E-state index in [9.17, 15) is 5.11 Å². The summed E-state index contributed by atoms with van der Waals surface area (Å²) in [7, 11) is 2.14. The fourth-order valence-corrected chi connectivity index (χ4v) is 2.78. The number of para-hydroxylation sites is 1. The summed E-state index contributed by atoms with van der Waals surface area (Å²) in [5, 5.41) is 9.18. The first-order valence-electron chi connectivity index (χ1n) is 7.59. The van der Waals surface area contributed by atoms with Gasteiger partial charge in [0, 0.05) is 44.4 Å². The standard InChI is InChI=1S/C17H26N2O2/c1-3-12-21-17-7-5-4-6-15(17)13-19-10-9-18(2)16(14-19)8-11-20/h3-7,16,20H,1,8-14H2,2H3/t16-/m0/s1. The summed E-state index contributed by atoms with van der Waals surface area (Å²) in [6.45, 7) is 8.46. The smallest absolute Gasteiger partial charge is 0.124 e. The minimum absolute atomic E-state index is 0.252. The van der Waals surface area contributed by atoms with Gasteiger partial charge in [-0.15, -0.1) is 0 Å². The van der Waals surface area contributed by atoms with Gasteiger partial charge in [0.25, 0.3) is 0 Å². The predicted molar refractivity (Wildman–Crippen MR) is 85.5 cm³/mol. The fraction of sp³-hybridized carbons (Fsp3) is 0.529. The molecular formula is C17H26N2O2. The molecule has 0 saturated carbocycles. The summed E-state index contributed by atoms with van der Waals surface area (Å²) in [6.07, 6.45) is 2.60. The zero-order valence-corrected chi connectivity index (χ0v) is 12.9. The highest BCUT2D eigenvalue weighted by Crippen LogP contribution is 2.21. The average molecular weight is 290 g/mol. The van der Waals surface area contributed by atoms with Crippen LogP contribution >= 0.6 is 0 Å². The molecule has 0 spiro atoms. The number of likely N-dealkylation sites (N-methyl/N-ethyl adjacent to an activating group) is 1. The second kappa shape index (κ2) is 8.17. The van der Waals surface area contributed by atoms with Gasteiger partial charge in [0.05, 0.1) is 0 Å². The lowest BCUT2D eigenvalue weighted by molar-refractivity contribution is 0.0738. The van der Waals surface area contributed by atoms with Crippen LogP contribution in [-0.4, -0.2) is 60.8 Å². The molecule has 1 heterocycles. The van der Waals surface area contributed by atoms with E-state index in [1.807, 2.05) is 12.1 Å². The Morgan fingerprint density at radius 1 is 1.38 bits per heavy atom. The molecule has 2 rings (SSSR count). The third kappa shape index (κ3) is 4.56. The van der Waals surface area contributed by atoms with Crippen LogP contribution in [0.25, 0.3) is 0 Å². The maximum Gasteiger partial charge on any atom is 0.124 e. The molecule has 116 valence electrons. The molecule has 1 fully saturated rings. The molecule has 1 aromatic carbocycles. The Bertz CT molecular complexity index is 450. The van der Waals surface area contributed by atoms with Gasteiger partial charge in [-0.25, -0.2) is 0 Å². The van der Waals surface area contributed by atoms with E-state index < -0.39 is 0 Å². The topological polar surface area (TPSA) is 35.9 Å². The van der Waals surface area contributed by atoms with E-state index in [0.717, 1.165) is 38.3 Å². The molecule has 0 aliphatic carbocycles. The van der Waals surface area contributed by atoms with Crippen LogP contribution in [0.3, 0.4) is 0 Å². The van der Waals surface area contributed by atoms with Crippen LogP contribution in [0.4, 0.5) is 0 Å². The molecule has 1 saturated heterocycles. The average Bonchev–Trinajstić information content (AvgIpc) is 2.50. The van der Waals surface area contributed by atoms with Crippen LogP contribution in [-0.2, 0) is 6.54 Å². The number of ether oxygens (including phenoxy) is 1. The van der Waals surface area contributed by atoms with Gasteiger partial charge in [-0.3, -0.25) is 4.90 Å². The van der Waals surface area contributed by atoms with Crippen molar-refractivity contribution in [2.75, 3.05) is 39.9 Å². The monoisotopic (exact) mass is 290 g/mol. The van der Waals surface area contributed by atoms with Crippen molar-refractivity contribution in [3.05, 3.63) is 42.5 Å². The number of aliphatic hydroxyl groups excluding tert-OH is 1. The molecule has 21 heavy (non-hydrogen) atoms. The Morgan fingerprint density at radius 2 is 2.19 bits per heavy atom. The summed E-state index contributed by atoms with van der Waals surface area (Å²) in [5.41, 5.74) is 1.21. The number of piperazine rings is 1. The molecule has 1 N–H and O–H groups in total. The Kier molecular flexibility index (Phi) is 6.23. The van der Waals surface area contributed by atoms with Crippen molar-refractivity contribution < 1.29 is 9.84 Å². The molecular weight excluding hydrogens is 264 g/mol. The van der Waals surface area contributed by atoms with E-state index in [4.69, 9.17) is 4.74 Å². The van der Waals surface area contributed by atoms with Crippen molar-refractivity contribution in [1.29, 1.82) is 0 Å². The van der Waals surface area contributed by atoms with E-state index >= 15 is 0 Å². The third-order valence-corrected chi connectivity index (χ3v) is 4.05. The maximum absolute atomic E-state index is 9.18. The lowest BCUT2D eigenvalue weighted by Crippen LogP contribution is -2.51. The normalized spacial score (nSPS) is 20.4. The second-order valence-electron chi connectivity index (χ2n) is 5.59. The quantitative estimate of drug-likeness (QED) is 0.776. The van der Waals surface area contributed by atoms with E-state index in [-0.39, 0.29) is 6.61 Å². The third-order valence-electron chi connectivity index (χ3n) is 4.05. The minimum atomic E-state index is 0.252. The van der Waals surface area contributed by atoms with E-state index in [1.54, 1.807) is 6.08 Å². The van der Waals surface area contributed by atoms with E-state index in [1.165, 1.54) is 5.56 Å². The zero-order chi connectivity index (χ0) is 15.1. The van der Waals surface area contributed by atoms with Crippen molar-refractivity contribution in [3.63, 3.8) is 0 Å². The molecule has 0 unspecified atom stereocenters.